The molecule has 2 atom stereocenters. The molecule has 1 fully saturated rings. The van der Waals surface area contributed by atoms with Crippen LogP contribution in [-0.2, 0) is 25.7 Å². The fraction of sp³-hybridized carbons (Fsp3) is 0.500. The summed E-state index contributed by atoms with van der Waals surface area (Å²) in [5.74, 6) is -0.338. The lowest BCUT2D eigenvalue weighted by Crippen LogP contribution is -2.31. The number of hydrogen-bond donors (Lipinski definition) is 0. The number of carbonyl (C=O) groups excluding carboxylic acids is 2. The number of Topliss-reactive ketones (excluding diaryl/α,β-unsaturated/α-hetero) is 1. The molecule has 1 aliphatic rings. The summed E-state index contributed by atoms with van der Waals surface area (Å²) in [5.41, 5.74) is 0.926. The number of ketones is 1. The molecule has 0 aliphatic carbocycles. The Morgan fingerprint density at radius 3 is 2.50 bits per heavy atom. The molecule has 24 heavy (non-hydrogen) atoms. The van der Waals surface area contributed by atoms with Crippen molar-refractivity contribution in [2.45, 2.75) is 20.0 Å². The Morgan fingerprint density at radius 2 is 1.92 bits per heavy atom. The van der Waals surface area contributed by atoms with Gasteiger partial charge in [0.25, 0.3) is 0 Å². The highest BCUT2D eigenvalue weighted by Gasteiger charge is 2.38. The van der Waals surface area contributed by atoms with Crippen molar-refractivity contribution in [3.63, 3.8) is 0 Å². The third-order valence-electron chi connectivity index (χ3n) is 4.19. The second-order valence-electron chi connectivity index (χ2n) is 6.55. The maximum Gasteiger partial charge on any atom is 0.410 e. The maximum absolute atomic E-state index is 12.4. The molecule has 1 amide bonds. The average Bonchev–Trinajstić information content (AvgIpc) is 2.96. The van der Waals surface area contributed by atoms with Gasteiger partial charge in [0, 0.05) is 36.9 Å². The molecular weight excluding hydrogens is 326 g/mol. The van der Waals surface area contributed by atoms with Crippen molar-refractivity contribution in [3.8, 4) is 0 Å². The third-order valence-corrected chi connectivity index (χ3v) is 4.99. The van der Waals surface area contributed by atoms with E-state index in [9.17, 15) is 13.8 Å². The van der Waals surface area contributed by atoms with Crippen LogP contribution in [0.4, 0.5) is 4.79 Å². The van der Waals surface area contributed by atoms with Gasteiger partial charge in [-0.05, 0) is 21.0 Å². The summed E-state index contributed by atoms with van der Waals surface area (Å²) in [6.07, 6.45) is 3.49. The molecule has 1 saturated heterocycles. The standard InChI is InChI=1S/C18H25NO4S/c1-4-15-10-19(11-16(15)17(20)13-24(2,3)22)18(21)23-12-14-8-6-5-7-9-14/h5-9,13,15-16H,4,10-12H2,1-3H3/t15-,16+/m1/s1. The van der Waals surface area contributed by atoms with Crippen LogP contribution in [0.3, 0.4) is 0 Å². The van der Waals surface area contributed by atoms with Gasteiger partial charge in [0.1, 0.15) is 6.61 Å². The summed E-state index contributed by atoms with van der Waals surface area (Å²) in [6, 6.07) is 9.48. The first-order valence-corrected chi connectivity index (χ1v) is 10.5. The fourth-order valence-corrected chi connectivity index (χ4v) is 3.67. The molecule has 1 aliphatic heterocycles. The lowest BCUT2D eigenvalue weighted by atomic mass is 9.91. The van der Waals surface area contributed by atoms with Gasteiger partial charge in [0.05, 0.1) is 0 Å². The van der Waals surface area contributed by atoms with Gasteiger partial charge in [0.2, 0.25) is 0 Å². The lowest BCUT2D eigenvalue weighted by Gasteiger charge is -2.16. The van der Waals surface area contributed by atoms with Crippen LogP contribution in [0.5, 0.6) is 0 Å². The van der Waals surface area contributed by atoms with E-state index >= 15 is 0 Å². The van der Waals surface area contributed by atoms with E-state index in [1.165, 1.54) is 5.37 Å². The lowest BCUT2D eigenvalue weighted by molar-refractivity contribution is -0.116. The molecule has 1 heterocycles. The summed E-state index contributed by atoms with van der Waals surface area (Å²) in [5, 5.41) is 1.32. The van der Waals surface area contributed by atoms with Crippen molar-refractivity contribution in [2.75, 3.05) is 25.6 Å². The van der Waals surface area contributed by atoms with Gasteiger partial charge in [0.15, 0.2) is 5.78 Å². The van der Waals surface area contributed by atoms with Crippen LogP contribution in [0.25, 0.3) is 0 Å². The predicted octanol–water partition coefficient (Wildman–Crippen LogP) is 2.20. The molecular formula is C18H25NO4S. The average molecular weight is 351 g/mol. The highest BCUT2D eigenvalue weighted by molar-refractivity contribution is 8.01. The SMILES string of the molecule is CC[C@@H]1CN(C(=O)OCc2ccccc2)C[C@@H]1C(=O)C=S(C)(C)=O. The van der Waals surface area contributed by atoms with E-state index in [0.29, 0.717) is 13.1 Å². The Bertz CT molecular complexity index is 699. The highest BCUT2D eigenvalue weighted by Crippen LogP contribution is 2.27. The Labute approximate surface area is 144 Å². The van der Waals surface area contributed by atoms with Crippen molar-refractivity contribution in [1.29, 1.82) is 0 Å². The quantitative estimate of drug-likeness (QED) is 0.763. The van der Waals surface area contributed by atoms with Crippen LogP contribution < -0.4 is 0 Å². The second-order valence-corrected chi connectivity index (χ2v) is 9.40. The topological polar surface area (TPSA) is 63.7 Å². The molecule has 0 unspecified atom stereocenters. The number of hydrogen-bond acceptors (Lipinski definition) is 4. The van der Waals surface area contributed by atoms with Crippen LogP contribution in [-0.4, -0.2) is 52.0 Å². The number of nitrogens with zero attached hydrogens (tertiary/aromatic N) is 1. The van der Waals surface area contributed by atoms with Gasteiger partial charge in [-0.2, -0.15) is 0 Å². The fourth-order valence-electron chi connectivity index (χ4n) is 2.93. The summed E-state index contributed by atoms with van der Waals surface area (Å²) in [4.78, 5) is 26.2. The van der Waals surface area contributed by atoms with Crippen molar-refractivity contribution in [2.24, 2.45) is 11.8 Å². The third kappa shape index (κ3) is 5.09. The first kappa shape index (κ1) is 18.5. The molecule has 132 valence electrons. The first-order valence-electron chi connectivity index (χ1n) is 8.08. The van der Waals surface area contributed by atoms with Gasteiger partial charge in [-0.1, -0.05) is 43.7 Å². The number of benzene rings is 1. The molecule has 0 N–H and O–H groups in total. The maximum atomic E-state index is 12.4. The molecule has 1 aromatic rings. The highest BCUT2D eigenvalue weighted by atomic mass is 32.2. The predicted molar refractivity (Wildman–Crippen MR) is 96.5 cm³/mol. The first-order chi connectivity index (χ1) is 11.3. The van der Waals surface area contributed by atoms with E-state index in [0.717, 1.165) is 12.0 Å². The smallest absolute Gasteiger partial charge is 0.410 e. The zero-order valence-electron chi connectivity index (χ0n) is 14.4. The van der Waals surface area contributed by atoms with Crippen LogP contribution in [0.15, 0.2) is 30.3 Å². The minimum absolute atomic E-state index is 0.0831. The molecule has 5 nitrogen and oxygen atoms in total. The Hall–Kier alpha value is -1.82. The van der Waals surface area contributed by atoms with Crippen LogP contribution in [0.2, 0.25) is 0 Å². The van der Waals surface area contributed by atoms with Crippen LogP contribution >= 0.6 is 0 Å². The zero-order valence-corrected chi connectivity index (χ0v) is 15.3. The number of amides is 1. The molecule has 0 bridgehead atoms. The van der Waals surface area contributed by atoms with Gasteiger partial charge in [-0.3, -0.25) is 9.00 Å². The molecule has 0 aromatic heterocycles. The van der Waals surface area contributed by atoms with Gasteiger partial charge >= 0.3 is 6.09 Å². The van der Waals surface area contributed by atoms with Gasteiger partial charge < -0.3 is 9.64 Å². The monoisotopic (exact) mass is 351 g/mol. The number of likely N-dealkylation sites (tertiary alicyclic amines) is 1. The Kier molecular flexibility index (Phi) is 6.04. The van der Waals surface area contributed by atoms with Crippen molar-refractivity contribution < 1.29 is 18.5 Å². The van der Waals surface area contributed by atoms with Crippen LogP contribution in [0.1, 0.15) is 18.9 Å². The number of rotatable bonds is 5. The summed E-state index contributed by atoms with van der Waals surface area (Å²) < 4.78 is 17.2. The molecule has 0 saturated carbocycles. The molecule has 1 aromatic carbocycles. The summed E-state index contributed by atoms with van der Waals surface area (Å²) >= 11 is 0. The number of ether oxygens (including phenoxy) is 1. The Balaban J connectivity index is 1.99. The molecule has 0 spiro atoms. The van der Waals surface area contributed by atoms with Gasteiger partial charge in [-0.25, -0.2) is 4.79 Å². The summed E-state index contributed by atoms with van der Waals surface area (Å²) in [7, 11) is -2.24. The minimum Gasteiger partial charge on any atom is -0.445 e. The van der Waals surface area contributed by atoms with E-state index in [4.69, 9.17) is 4.74 Å². The molecule has 2 rings (SSSR count). The normalized spacial score (nSPS) is 20.7. The van der Waals surface area contributed by atoms with Crippen LogP contribution in [0, 0.1) is 11.8 Å². The largest absolute Gasteiger partial charge is 0.445 e. The second kappa shape index (κ2) is 7.83. The summed E-state index contributed by atoms with van der Waals surface area (Å²) in [6.45, 7) is 3.05. The van der Waals surface area contributed by atoms with Crippen molar-refractivity contribution in [3.05, 3.63) is 35.9 Å². The molecule has 6 heteroatoms. The van der Waals surface area contributed by atoms with E-state index in [2.05, 4.69) is 0 Å². The van der Waals surface area contributed by atoms with E-state index in [-0.39, 0.29) is 24.2 Å². The Morgan fingerprint density at radius 1 is 1.25 bits per heavy atom. The molecule has 0 radical (unpaired) electrons. The van der Waals surface area contributed by atoms with Crippen molar-refractivity contribution in [1.82, 2.24) is 4.90 Å². The van der Waals surface area contributed by atoms with E-state index < -0.39 is 15.6 Å². The van der Waals surface area contributed by atoms with E-state index in [1.807, 2.05) is 37.3 Å². The van der Waals surface area contributed by atoms with E-state index in [1.54, 1.807) is 17.4 Å². The number of carbonyl (C=O) groups is 2. The van der Waals surface area contributed by atoms with Crippen molar-refractivity contribution >= 4 is 26.8 Å². The van der Waals surface area contributed by atoms with Gasteiger partial charge in [-0.15, -0.1) is 0 Å². The minimum atomic E-state index is -2.24. The zero-order chi connectivity index (χ0) is 17.7.